The van der Waals surface area contributed by atoms with E-state index in [2.05, 4.69) is 96.1 Å². The maximum absolute atomic E-state index is 11.8. The van der Waals surface area contributed by atoms with Gasteiger partial charge < -0.3 is 9.84 Å². The number of fused-ring (bicyclic) bond motifs is 7. The number of aromatic hydroxyl groups is 1. The first-order valence-corrected chi connectivity index (χ1v) is 15.2. The van der Waals surface area contributed by atoms with Crippen LogP contribution in [0.1, 0.15) is 69.2 Å². The Balaban J connectivity index is 1.55. The van der Waals surface area contributed by atoms with E-state index in [1.807, 2.05) is 36.4 Å². The van der Waals surface area contributed by atoms with Crippen LogP contribution in [0.2, 0.25) is 0 Å². The van der Waals surface area contributed by atoms with E-state index in [9.17, 15) is 5.11 Å². The van der Waals surface area contributed by atoms with Crippen LogP contribution in [0.4, 0.5) is 0 Å². The smallest absolute Gasteiger partial charge is 0.136 e. The molecule has 7 rings (SSSR count). The fourth-order valence-corrected chi connectivity index (χ4v) is 8.67. The second-order valence-corrected chi connectivity index (χ2v) is 14.5. The second kappa shape index (κ2) is 9.23. The third kappa shape index (κ3) is 4.31. The molecule has 2 heteroatoms. The summed E-state index contributed by atoms with van der Waals surface area (Å²) in [5.41, 5.74) is 10.1. The van der Waals surface area contributed by atoms with Gasteiger partial charge >= 0.3 is 0 Å². The van der Waals surface area contributed by atoms with Crippen molar-refractivity contribution in [1.82, 2.24) is 0 Å². The Kier molecular flexibility index (Phi) is 5.90. The molecule has 2 nitrogen and oxygen atoms in total. The molecule has 0 amide bonds. The van der Waals surface area contributed by atoms with E-state index >= 15 is 0 Å². The summed E-state index contributed by atoms with van der Waals surface area (Å²) in [7, 11) is 0. The molecular weight excluding hydrogens is 512 g/mol. The number of phenolic OH excluding ortho intramolecular Hbond substituents is 1. The van der Waals surface area contributed by atoms with Crippen molar-refractivity contribution < 1.29 is 9.84 Å². The minimum Gasteiger partial charge on any atom is -0.507 e. The summed E-state index contributed by atoms with van der Waals surface area (Å²) in [6.45, 7) is 14.0. The first kappa shape index (κ1) is 26.8. The topological polar surface area (TPSA) is 29.5 Å². The molecule has 0 aromatic heterocycles. The molecule has 0 bridgehead atoms. The van der Waals surface area contributed by atoms with Crippen LogP contribution >= 0.6 is 0 Å². The normalized spacial score (nSPS) is 17.7. The number of phenols is 1. The Labute approximate surface area is 250 Å². The molecule has 2 aliphatic carbocycles. The van der Waals surface area contributed by atoms with Gasteiger partial charge in [-0.15, -0.1) is 0 Å². The van der Waals surface area contributed by atoms with Crippen LogP contribution in [-0.4, -0.2) is 5.11 Å². The molecule has 5 aromatic carbocycles. The zero-order valence-corrected chi connectivity index (χ0v) is 25.6. The molecule has 1 spiro atoms. The van der Waals surface area contributed by atoms with Crippen LogP contribution < -0.4 is 4.74 Å². The summed E-state index contributed by atoms with van der Waals surface area (Å²) in [5, 5.41) is 13.7. The van der Waals surface area contributed by atoms with Crippen LogP contribution in [-0.2, 0) is 5.41 Å². The van der Waals surface area contributed by atoms with E-state index < -0.39 is 0 Å². The van der Waals surface area contributed by atoms with E-state index in [4.69, 9.17) is 4.74 Å². The standard InChI is InChI=1S/C40H40O2/c1-25-12-15-27(16-13-25)30-19-32-31(20-36(30)42-28-10-8-7-9-11-28)35(41)21-34-37(32)29-17-14-26(2)18-33(29)40(34)23-38(3,4)22-39(5,6)24-40/h7-21,41H,22-24H2,1-6H3. The molecule has 2 aliphatic rings. The summed E-state index contributed by atoms with van der Waals surface area (Å²) in [6.07, 6.45) is 3.32. The van der Waals surface area contributed by atoms with Crippen LogP contribution in [0.3, 0.4) is 0 Å². The van der Waals surface area contributed by atoms with Crippen molar-refractivity contribution in [3.05, 3.63) is 113 Å². The van der Waals surface area contributed by atoms with Gasteiger partial charge in [0.05, 0.1) is 0 Å². The zero-order chi connectivity index (χ0) is 29.4. The van der Waals surface area contributed by atoms with Crippen molar-refractivity contribution in [2.24, 2.45) is 10.8 Å². The fraction of sp³-hybridized carbons (Fsp3) is 0.300. The maximum atomic E-state index is 11.8. The minimum absolute atomic E-state index is 0.142. The fourth-order valence-electron chi connectivity index (χ4n) is 8.67. The first-order valence-electron chi connectivity index (χ1n) is 15.2. The summed E-state index contributed by atoms with van der Waals surface area (Å²) >= 11 is 0. The summed E-state index contributed by atoms with van der Waals surface area (Å²) in [4.78, 5) is 0. The van der Waals surface area contributed by atoms with Gasteiger partial charge in [0.15, 0.2) is 0 Å². The van der Waals surface area contributed by atoms with Crippen molar-refractivity contribution in [2.75, 3.05) is 0 Å². The lowest BCUT2D eigenvalue weighted by atomic mass is 9.52. The van der Waals surface area contributed by atoms with Gasteiger partial charge in [-0.05, 0) is 107 Å². The van der Waals surface area contributed by atoms with Crippen LogP contribution in [0.25, 0.3) is 33.0 Å². The predicted octanol–water partition coefficient (Wildman–Crippen LogP) is 11.1. The number of ether oxygens (including phenoxy) is 1. The lowest BCUT2D eigenvalue weighted by Crippen LogP contribution is -2.43. The highest BCUT2D eigenvalue weighted by atomic mass is 16.5. The number of para-hydroxylation sites is 1. The summed E-state index contributed by atoms with van der Waals surface area (Å²) in [6, 6.07) is 31.9. The van der Waals surface area contributed by atoms with Crippen molar-refractivity contribution in [1.29, 1.82) is 0 Å². The average molecular weight is 553 g/mol. The van der Waals surface area contributed by atoms with E-state index in [0.29, 0.717) is 5.75 Å². The van der Waals surface area contributed by atoms with Crippen LogP contribution in [0.5, 0.6) is 17.2 Å². The van der Waals surface area contributed by atoms with Crippen LogP contribution in [0.15, 0.2) is 91.0 Å². The minimum atomic E-state index is -0.142. The quantitative estimate of drug-likeness (QED) is 0.241. The molecule has 0 aliphatic heterocycles. The van der Waals surface area contributed by atoms with E-state index in [1.54, 1.807) is 0 Å². The first-order chi connectivity index (χ1) is 19.9. The molecule has 5 aromatic rings. The lowest BCUT2D eigenvalue weighted by molar-refractivity contribution is 0.0645. The van der Waals surface area contributed by atoms with Gasteiger partial charge in [-0.2, -0.15) is 0 Å². The molecule has 0 unspecified atom stereocenters. The molecule has 0 heterocycles. The van der Waals surface area contributed by atoms with E-state index in [1.165, 1.54) is 39.8 Å². The van der Waals surface area contributed by atoms with Gasteiger partial charge in [-0.25, -0.2) is 0 Å². The molecule has 0 atom stereocenters. The van der Waals surface area contributed by atoms with Gasteiger partial charge in [0.2, 0.25) is 0 Å². The number of hydrogen-bond acceptors (Lipinski definition) is 2. The Morgan fingerprint density at radius 3 is 1.98 bits per heavy atom. The maximum Gasteiger partial charge on any atom is 0.136 e. The number of rotatable bonds is 3. The third-order valence-corrected chi connectivity index (χ3v) is 9.54. The van der Waals surface area contributed by atoms with E-state index in [-0.39, 0.29) is 16.2 Å². The molecule has 1 fully saturated rings. The highest BCUT2D eigenvalue weighted by molar-refractivity contribution is 6.07. The lowest BCUT2D eigenvalue weighted by Gasteiger charge is -2.51. The number of aryl methyl sites for hydroxylation is 2. The molecule has 1 saturated carbocycles. The Bertz CT molecular complexity index is 1830. The molecule has 1 N–H and O–H groups in total. The van der Waals surface area contributed by atoms with Gasteiger partial charge in [0.1, 0.15) is 17.2 Å². The molecule has 0 radical (unpaired) electrons. The molecule has 42 heavy (non-hydrogen) atoms. The summed E-state index contributed by atoms with van der Waals surface area (Å²) in [5.74, 6) is 1.84. The zero-order valence-electron chi connectivity index (χ0n) is 25.6. The van der Waals surface area contributed by atoms with Gasteiger partial charge in [0, 0.05) is 16.4 Å². The highest BCUT2D eigenvalue weighted by Gasteiger charge is 2.53. The molecule has 0 saturated heterocycles. The Morgan fingerprint density at radius 2 is 1.29 bits per heavy atom. The van der Waals surface area contributed by atoms with E-state index in [0.717, 1.165) is 46.2 Å². The molecule has 212 valence electrons. The van der Waals surface area contributed by atoms with Crippen molar-refractivity contribution in [3.8, 4) is 39.5 Å². The van der Waals surface area contributed by atoms with Crippen LogP contribution in [0, 0.1) is 24.7 Å². The Hall–Kier alpha value is -4.04. The number of benzene rings is 5. The summed E-state index contributed by atoms with van der Waals surface area (Å²) < 4.78 is 6.52. The Morgan fingerprint density at radius 1 is 0.619 bits per heavy atom. The third-order valence-electron chi connectivity index (χ3n) is 9.54. The predicted molar refractivity (Wildman–Crippen MR) is 175 cm³/mol. The number of hydrogen-bond donors (Lipinski definition) is 1. The van der Waals surface area contributed by atoms with Crippen molar-refractivity contribution >= 4 is 10.8 Å². The van der Waals surface area contributed by atoms with Gasteiger partial charge in [0.25, 0.3) is 0 Å². The van der Waals surface area contributed by atoms with Crippen molar-refractivity contribution in [2.45, 2.75) is 66.2 Å². The average Bonchev–Trinajstić information content (AvgIpc) is 3.15. The van der Waals surface area contributed by atoms with Gasteiger partial charge in [-0.3, -0.25) is 0 Å². The SMILES string of the molecule is Cc1ccc(-c2cc3c4c(cc(O)c3cc2Oc2ccccc2)C2(CC(C)(C)CC(C)(C)C2)c2cc(C)ccc2-4)cc1. The largest absolute Gasteiger partial charge is 0.507 e. The molecular formula is C40H40O2. The van der Waals surface area contributed by atoms with Crippen molar-refractivity contribution in [3.63, 3.8) is 0 Å². The monoisotopic (exact) mass is 552 g/mol. The highest BCUT2D eigenvalue weighted by Crippen LogP contribution is 2.65. The second-order valence-electron chi connectivity index (χ2n) is 14.5. The van der Waals surface area contributed by atoms with Gasteiger partial charge in [-0.1, -0.05) is 99.5 Å².